The molecule has 2 fully saturated rings. The van der Waals surface area contributed by atoms with Crippen molar-refractivity contribution in [1.82, 2.24) is 21.3 Å². The molecule has 16 heteroatoms. The number of ketones is 3. The zero-order chi connectivity index (χ0) is 53.1. The quantitative estimate of drug-likeness (QED) is 0.0665. The van der Waals surface area contributed by atoms with Gasteiger partial charge in [0.15, 0.2) is 5.78 Å². The van der Waals surface area contributed by atoms with E-state index in [0.717, 1.165) is 11.1 Å². The summed E-state index contributed by atoms with van der Waals surface area (Å²) >= 11 is 6.43. The monoisotopic (exact) mass is 1020 g/mol. The fraction of sp³-hybridized carbons (Fsp3) is 0.607. The zero-order valence-electron chi connectivity index (χ0n) is 43.8. The molecule has 0 unspecified atom stereocenters. The van der Waals surface area contributed by atoms with Crippen LogP contribution in [-0.2, 0) is 60.7 Å². The molecule has 4 N–H and O–H groups in total. The molecule has 4 amide bonds. The maximum atomic E-state index is 14.2. The molecule has 2 aromatic rings. The Balaban J connectivity index is 1.25. The Morgan fingerprint density at radius 2 is 1.54 bits per heavy atom. The minimum atomic E-state index is -1.14. The maximum absolute atomic E-state index is 14.2. The molecule has 15 nitrogen and oxygen atoms in total. The van der Waals surface area contributed by atoms with Crippen LogP contribution in [0.15, 0.2) is 54.6 Å². The van der Waals surface area contributed by atoms with E-state index in [2.05, 4.69) is 21.3 Å². The van der Waals surface area contributed by atoms with Gasteiger partial charge in [0.2, 0.25) is 23.6 Å². The van der Waals surface area contributed by atoms with Crippen LogP contribution in [0, 0.1) is 29.1 Å². The van der Waals surface area contributed by atoms with Crippen molar-refractivity contribution in [2.24, 2.45) is 29.1 Å². The molecular weight excluding hydrogens is 940 g/mol. The van der Waals surface area contributed by atoms with E-state index >= 15 is 0 Å². The number of epoxide rings is 1. The Bertz CT molecular complexity index is 2320. The minimum absolute atomic E-state index is 0.0192. The molecule has 1 saturated carbocycles. The Hall–Kier alpha value is -5.41. The number of ether oxygens (including phenoxy) is 3. The molecule has 1 aliphatic carbocycles. The number of Topliss-reactive ketones (excluding diaryl/α,β-unsaturated/α-hetero) is 3. The summed E-state index contributed by atoms with van der Waals surface area (Å²) in [6, 6.07) is 10.2. The fourth-order valence-electron chi connectivity index (χ4n) is 9.41. The van der Waals surface area contributed by atoms with Crippen LogP contribution in [0.25, 0.3) is 0 Å². The van der Waals surface area contributed by atoms with Gasteiger partial charge in [-0.15, -0.1) is 0 Å². The number of hydrogen-bond acceptors (Lipinski definition) is 11. The topological polar surface area (TPSA) is 216 Å². The van der Waals surface area contributed by atoms with Crippen LogP contribution in [0.1, 0.15) is 149 Å². The summed E-state index contributed by atoms with van der Waals surface area (Å²) in [5.74, 6) is -2.98. The van der Waals surface area contributed by atoms with Gasteiger partial charge in [0.25, 0.3) is 0 Å². The number of halogens is 1. The summed E-state index contributed by atoms with van der Waals surface area (Å²) in [6.45, 7) is 16.5. The van der Waals surface area contributed by atoms with Gasteiger partial charge in [0, 0.05) is 56.8 Å². The van der Waals surface area contributed by atoms with Crippen molar-refractivity contribution >= 4 is 58.5 Å². The number of hydrogen-bond donors (Lipinski definition) is 4. The molecule has 0 aromatic heterocycles. The Morgan fingerprint density at radius 1 is 0.875 bits per heavy atom. The average molecular weight is 1020 g/mol. The second kappa shape index (κ2) is 25.5. The molecule has 2 heterocycles. The van der Waals surface area contributed by atoms with Crippen molar-refractivity contribution in [3.63, 3.8) is 0 Å². The van der Waals surface area contributed by atoms with Crippen LogP contribution in [0.5, 0.6) is 5.75 Å². The molecule has 1 saturated heterocycles. The van der Waals surface area contributed by atoms with Gasteiger partial charge in [-0.05, 0) is 99.6 Å². The molecule has 5 rings (SSSR count). The van der Waals surface area contributed by atoms with Gasteiger partial charge in [-0.2, -0.15) is 0 Å². The number of rotatable bonds is 22. The number of nitrogens with one attached hydrogen (secondary N) is 4. The largest absolute Gasteiger partial charge is 0.495 e. The standard InChI is InChI=1S/C56H77ClN4O11/c1-11-39(62)14-12-15-40(63)31-41(33(4)5)51(66)58-35(7)45(64)24-20-36-18-22-38(23-19-36)50-49(72-50)34(6)46-16-13-17-48(65)59-43(30-37-21-25-47(70-10)42(57)29-37)52(67)61-56(26-27-56)55(8,9)54(69)60-44(28-32(2)3)53(68)71-46/h13,17-19,21-23,25,29,32-35,41,43-44,46,49-50H,11-12,14-16,20,24,26-28,30-31H2,1-10H3,(H,58,66)(H,59,65)(H,60,69)(H,61,67)/b17-13+/t34-,35-,41-,43+,44-,46-,49+,50+/m0/s1. The lowest BCUT2D eigenvalue weighted by Gasteiger charge is -2.36. The van der Waals surface area contributed by atoms with Crippen molar-refractivity contribution in [1.29, 1.82) is 0 Å². The van der Waals surface area contributed by atoms with Gasteiger partial charge in [-0.3, -0.25) is 33.6 Å². The van der Waals surface area contributed by atoms with Crippen molar-refractivity contribution < 1.29 is 52.6 Å². The normalized spacial score (nSPS) is 23.7. The molecule has 72 heavy (non-hydrogen) atoms. The van der Waals surface area contributed by atoms with Crippen LogP contribution in [0.3, 0.4) is 0 Å². The molecular formula is C56H77ClN4O11. The van der Waals surface area contributed by atoms with E-state index in [-0.39, 0.29) is 85.3 Å². The summed E-state index contributed by atoms with van der Waals surface area (Å²) in [5, 5.41) is 12.1. The van der Waals surface area contributed by atoms with Crippen molar-refractivity contribution in [3.05, 3.63) is 76.3 Å². The fourth-order valence-corrected chi connectivity index (χ4v) is 9.69. The second-order valence-corrected chi connectivity index (χ2v) is 21.8. The highest BCUT2D eigenvalue weighted by atomic mass is 35.5. The number of carbonyl (C=O) groups is 8. The summed E-state index contributed by atoms with van der Waals surface area (Å²) in [7, 11) is 1.51. The number of carbonyl (C=O) groups excluding carboxylic acids is 8. The number of esters is 1. The van der Waals surface area contributed by atoms with Crippen LogP contribution >= 0.6 is 11.6 Å². The van der Waals surface area contributed by atoms with Gasteiger partial charge in [0.05, 0.1) is 35.2 Å². The van der Waals surface area contributed by atoms with Crippen LogP contribution in [-0.4, -0.2) is 89.9 Å². The smallest absolute Gasteiger partial charge is 0.328 e. The van der Waals surface area contributed by atoms with Gasteiger partial charge in [-0.1, -0.05) is 89.6 Å². The Morgan fingerprint density at radius 3 is 2.15 bits per heavy atom. The number of aryl methyl sites for hydroxylation is 1. The third kappa shape index (κ3) is 15.6. The lowest BCUT2D eigenvalue weighted by atomic mass is 9.80. The summed E-state index contributed by atoms with van der Waals surface area (Å²) < 4.78 is 17.8. The first-order chi connectivity index (χ1) is 34.0. The van der Waals surface area contributed by atoms with E-state index in [1.807, 2.05) is 58.9 Å². The maximum Gasteiger partial charge on any atom is 0.328 e. The van der Waals surface area contributed by atoms with E-state index in [0.29, 0.717) is 61.3 Å². The van der Waals surface area contributed by atoms with Gasteiger partial charge in [-0.25, -0.2) is 4.79 Å². The second-order valence-electron chi connectivity index (χ2n) is 21.4. The van der Waals surface area contributed by atoms with Crippen molar-refractivity contribution in [2.45, 2.75) is 181 Å². The minimum Gasteiger partial charge on any atom is -0.495 e. The lowest BCUT2D eigenvalue weighted by molar-refractivity contribution is -0.157. The lowest BCUT2D eigenvalue weighted by Crippen LogP contribution is -2.60. The third-order valence-electron chi connectivity index (χ3n) is 14.7. The average Bonchev–Trinajstić information content (AvgIpc) is 4.28. The van der Waals surface area contributed by atoms with E-state index in [9.17, 15) is 38.4 Å². The molecule has 1 spiro atoms. The number of methoxy groups -OCH3 is 1. The van der Waals surface area contributed by atoms with Crippen LogP contribution in [0.4, 0.5) is 0 Å². The van der Waals surface area contributed by atoms with Crippen LogP contribution < -0.4 is 26.0 Å². The first kappa shape index (κ1) is 57.5. The number of amides is 4. The molecule has 0 bridgehead atoms. The molecule has 2 aliphatic heterocycles. The first-order valence-corrected chi connectivity index (χ1v) is 26.1. The van der Waals surface area contributed by atoms with E-state index in [1.54, 1.807) is 52.0 Å². The van der Waals surface area contributed by atoms with Crippen LogP contribution in [0.2, 0.25) is 5.02 Å². The summed E-state index contributed by atoms with van der Waals surface area (Å²) in [6.07, 6.45) is 5.33. The highest BCUT2D eigenvalue weighted by molar-refractivity contribution is 6.32. The van der Waals surface area contributed by atoms with E-state index in [1.165, 1.54) is 13.2 Å². The molecule has 394 valence electrons. The van der Waals surface area contributed by atoms with Crippen molar-refractivity contribution in [2.75, 3.05) is 7.11 Å². The summed E-state index contributed by atoms with van der Waals surface area (Å²) in [4.78, 5) is 107. The third-order valence-corrected chi connectivity index (χ3v) is 15.0. The molecule has 8 atom stereocenters. The first-order valence-electron chi connectivity index (χ1n) is 25.7. The van der Waals surface area contributed by atoms with Gasteiger partial charge < -0.3 is 35.5 Å². The summed E-state index contributed by atoms with van der Waals surface area (Å²) in [5.41, 5.74) is 0.437. The highest BCUT2D eigenvalue weighted by Crippen LogP contribution is 2.50. The highest BCUT2D eigenvalue weighted by Gasteiger charge is 2.60. The SMILES string of the molecule is CCC(=O)CCCC(=O)C[C@H](C(=O)N[C@@H](C)C(=O)CCc1ccc([C@H]2O[C@@H]2[C@@H](C)[C@@H]2C/C=C/C(=O)N[C@H](Cc3ccc(OC)c(Cl)c3)C(=O)NC3(CC3)C(C)(C)C(=O)N[C@@H](CC(C)C)C(=O)O2)cc1)C(C)C. The molecule has 0 radical (unpaired) electrons. The molecule has 2 aromatic carbocycles. The Labute approximate surface area is 430 Å². The number of benzene rings is 2. The number of cyclic esters (lactones) is 1. The van der Waals surface area contributed by atoms with E-state index < -0.39 is 64.8 Å². The van der Waals surface area contributed by atoms with Crippen molar-refractivity contribution in [3.8, 4) is 5.75 Å². The van der Waals surface area contributed by atoms with E-state index in [4.69, 9.17) is 25.8 Å². The molecule has 3 aliphatic rings. The Kier molecular flexibility index (Phi) is 20.4. The van der Waals surface area contributed by atoms with Gasteiger partial charge in [0.1, 0.15) is 41.6 Å². The van der Waals surface area contributed by atoms with Gasteiger partial charge >= 0.3 is 5.97 Å². The zero-order valence-corrected chi connectivity index (χ0v) is 44.6. The predicted octanol–water partition coefficient (Wildman–Crippen LogP) is 7.62. The predicted molar refractivity (Wildman–Crippen MR) is 274 cm³/mol.